The van der Waals surface area contributed by atoms with Gasteiger partial charge in [-0.05, 0) is 31.1 Å². The molecule has 0 radical (unpaired) electrons. The van der Waals surface area contributed by atoms with Gasteiger partial charge in [0.2, 0.25) is 5.78 Å². The highest BCUT2D eigenvalue weighted by molar-refractivity contribution is 5.87. The molecule has 0 aromatic carbocycles. The van der Waals surface area contributed by atoms with E-state index in [1.165, 1.54) is 0 Å². The van der Waals surface area contributed by atoms with Gasteiger partial charge in [0.15, 0.2) is 0 Å². The third kappa shape index (κ3) is 1.13. The molecule has 0 aromatic heterocycles. The molecule has 1 nitrogen and oxygen atoms in total. The maximum Gasteiger partial charge on any atom is 0.450 e. The minimum atomic E-state index is -4.61. The van der Waals surface area contributed by atoms with Crippen LogP contribution in [0.5, 0.6) is 0 Å². The summed E-state index contributed by atoms with van der Waals surface area (Å²) in [7, 11) is 0. The molecule has 4 heteroatoms. The SMILES string of the molecule is O=C(C1CCC2CC21)C(F)(F)F. The standard InChI is InChI=1S/C8H9F3O/c9-8(10,11)7(12)5-2-1-4-3-6(4)5/h4-6H,1-3H2. The Morgan fingerprint density at radius 3 is 2.25 bits per heavy atom. The third-order valence-electron chi connectivity index (χ3n) is 2.96. The van der Waals surface area contributed by atoms with Crippen molar-refractivity contribution in [3.05, 3.63) is 0 Å². The van der Waals surface area contributed by atoms with Crippen LogP contribution in [0.25, 0.3) is 0 Å². The predicted octanol–water partition coefficient (Wildman–Crippen LogP) is 2.16. The maximum atomic E-state index is 11.9. The lowest BCUT2D eigenvalue weighted by molar-refractivity contribution is -0.176. The maximum absolute atomic E-state index is 11.9. The zero-order chi connectivity index (χ0) is 8.93. The lowest BCUT2D eigenvalue weighted by atomic mass is 9.98. The van der Waals surface area contributed by atoms with Gasteiger partial charge in [-0.3, -0.25) is 4.79 Å². The Morgan fingerprint density at radius 2 is 1.92 bits per heavy atom. The van der Waals surface area contributed by atoms with Crippen molar-refractivity contribution in [3.8, 4) is 0 Å². The van der Waals surface area contributed by atoms with Crippen LogP contribution < -0.4 is 0 Å². The van der Waals surface area contributed by atoms with E-state index in [-0.39, 0.29) is 5.92 Å². The number of hydrogen-bond acceptors (Lipinski definition) is 1. The van der Waals surface area contributed by atoms with Crippen LogP contribution in [0.4, 0.5) is 13.2 Å². The Kier molecular flexibility index (Phi) is 1.50. The summed E-state index contributed by atoms with van der Waals surface area (Å²) in [4.78, 5) is 10.8. The van der Waals surface area contributed by atoms with Gasteiger partial charge in [-0.25, -0.2) is 0 Å². The average molecular weight is 178 g/mol. The van der Waals surface area contributed by atoms with E-state index in [0.717, 1.165) is 12.8 Å². The molecular weight excluding hydrogens is 169 g/mol. The van der Waals surface area contributed by atoms with Crippen LogP contribution in [0.15, 0.2) is 0 Å². The van der Waals surface area contributed by atoms with E-state index in [9.17, 15) is 18.0 Å². The lowest BCUT2D eigenvalue weighted by Crippen LogP contribution is -2.30. The second kappa shape index (κ2) is 2.24. The molecule has 0 aliphatic heterocycles. The second-order valence-corrected chi connectivity index (χ2v) is 3.71. The Hall–Kier alpha value is -0.540. The molecule has 12 heavy (non-hydrogen) atoms. The fourth-order valence-electron chi connectivity index (χ4n) is 2.24. The summed E-state index contributed by atoms with van der Waals surface area (Å²) in [5.41, 5.74) is 0. The van der Waals surface area contributed by atoms with Crippen molar-refractivity contribution in [2.45, 2.75) is 25.4 Å². The number of halogens is 3. The number of carbonyl (C=O) groups is 1. The van der Waals surface area contributed by atoms with E-state index < -0.39 is 17.9 Å². The molecule has 0 heterocycles. The number of ketones is 1. The van der Waals surface area contributed by atoms with Crippen molar-refractivity contribution in [2.24, 2.45) is 17.8 Å². The number of carbonyl (C=O) groups excluding carboxylic acids is 1. The highest BCUT2D eigenvalue weighted by Gasteiger charge is 2.56. The quantitative estimate of drug-likeness (QED) is 0.601. The fourth-order valence-corrected chi connectivity index (χ4v) is 2.24. The number of fused-ring (bicyclic) bond motifs is 1. The Bertz CT molecular complexity index is 221. The first-order chi connectivity index (χ1) is 5.50. The normalized spacial score (nSPS) is 39.4. The smallest absolute Gasteiger partial charge is 0.289 e. The minimum Gasteiger partial charge on any atom is -0.289 e. The number of rotatable bonds is 1. The first-order valence-electron chi connectivity index (χ1n) is 4.11. The van der Waals surface area contributed by atoms with Gasteiger partial charge < -0.3 is 0 Å². The monoisotopic (exact) mass is 178 g/mol. The summed E-state index contributed by atoms with van der Waals surface area (Å²) < 4.78 is 35.8. The first-order valence-corrected chi connectivity index (χ1v) is 4.11. The van der Waals surface area contributed by atoms with Crippen LogP contribution >= 0.6 is 0 Å². The lowest BCUT2D eigenvalue weighted by Gasteiger charge is -2.12. The van der Waals surface area contributed by atoms with E-state index in [4.69, 9.17) is 0 Å². The molecule has 0 bridgehead atoms. The topological polar surface area (TPSA) is 17.1 Å². The molecule has 0 saturated heterocycles. The van der Waals surface area contributed by atoms with Crippen LogP contribution in [0.2, 0.25) is 0 Å². The van der Waals surface area contributed by atoms with E-state index in [1.54, 1.807) is 0 Å². The van der Waals surface area contributed by atoms with E-state index in [0.29, 0.717) is 12.3 Å². The largest absolute Gasteiger partial charge is 0.450 e. The first kappa shape index (κ1) is 8.08. The zero-order valence-corrected chi connectivity index (χ0v) is 6.40. The van der Waals surface area contributed by atoms with Gasteiger partial charge in [0, 0.05) is 5.92 Å². The number of hydrogen-bond donors (Lipinski definition) is 0. The molecule has 0 amide bonds. The fraction of sp³-hybridized carbons (Fsp3) is 0.875. The highest BCUT2D eigenvalue weighted by Crippen LogP contribution is 2.56. The predicted molar refractivity (Wildman–Crippen MR) is 35.4 cm³/mol. The van der Waals surface area contributed by atoms with Crippen LogP contribution in [0, 0.1) is 17.8 Å². The molecule has 2 aliphatic rings. The zero-order valence-electron chi connectivity index (χ0n) is 6.40. The summed E-state index contributed by atoms with van der Waals surface area (Å²) in [6.07, 6.45) is -2.50. The third-order valence-corrected chi connectivity index (χ3v) is 2.96. The van der Waals surface area contributed by atoms with Gasteiger partial charge in [-0.15, -0.1) is 0 Å². The molecule has 3 unspecified atom stereocenters. The van der Waals surface area contributed by atoms with Crippen molar-refractivity contribution in [3.63, 3.8) is 0 Å². The van der Waals surface area contributed by atoms with Gasteiger partial charge in [0.25, 0.3) is 0 Å². The Labute approximate surface area is 67.9 Å². The number of Topliss-reactive ketones (excluding diaryl/α,β-unsaturated/α-hetero) is 1. The van der Waals surface area contributed by atoms with Gasteiger partial charge in [-0.1, -0.05) is 0 Å². The molecular formula is C8H9F3O. The molecule has 2 fully saturated rings. The molecule has 0 aromatic rings. The van der Waals surface area contributed by atoms with Gasteiger partial charge >= 0.3 is 6.18 Å². The van der Waals surface area contributed by atoms with E-state index >= 15 is 0 Å². The van der Waals surface area contributed by atoms with Gasteiger partial charge in [0.1, 0.15) is 0 Å². The van der Waals surface area contributed by atoms with Crippen LogP contribution in [-0.2, 0) is 4.79 Å². The molecule has 0 N–H and O–H groups in total. The Balaban J connectivity index is 2.05. The van der Waals surface area contributed by atoms with Crippen molar-refractivity contribution >= 4 is 5.78 Å². The molecule has 3 atom stereocenters. The summed E-state index contributed by atoms with van der Waals surface area (Å²) in [5, 5.41) is 0. The molecule has 2 aliphatic carbocycles. The summed E-state index contributed by atoms with van der Waals surface area (Å²) in [5.74, 6) is -1.69. The summed E-state index contributed by atoms with van der Waals surface area (Å²) in [6, 6.07) is 0. The van der Waals surface area contributed by atoms with E-state index in [1.807, 2.05) is 0 Å². The average Bonchev–Trinajstić information content (AvgIpc) is 2.61. The highest BCUT2D eigenvalue weighted by atomic mass is 19.4. The number of alkyl halides is 3. The summed E-state index contributed by atoms with van der Waals surface area (Å²) in [6.45, 7) is 0. The van der Waals surface area contributed by atoms with Crippen molar-refractivity contribution in [1.82, 2.24) is 0 Å². The van der Waals surface area contributed by atoms with Crippen LogP contribution in [-0.4, -0.2) is 12.0 Å². The molecule has 2 rings (SSSR count). The van der Waals surface area contributed by atoms with Gasteiger partial charge in [0.05, 0.1) is 0 Å². The van der Waals surface area contributed by atoms with Gasteiger partial charge in [-0.2, -0.15) is 13.2 Å². The van der Waals surface area contributed by atoms with Crippen LogP contribution in [0.3, 0.4) is 0 Å². The van der Waals surface area contributed by atoms with Crippen molar-refractivity contribution < 1.29 is 18.0 Å². The Morgan fingerprint density at radius 1 is 1.25 bits per heavy atom. The van der Waals surface area contributed by atoms with Crippen molar-refractivity contribution in [2.75, 3.05) is 0 Å². The van der Waals surface area contributed by atoms with Crippen molar-refractivity contribution in [1.29, 1.82) is 0 Å². The molecule has 0 spiro atoms. The summed E-state index contributed by atoms with van der Waals surface area (Å²) >= 11 is 0. The second-order valence-electron chi connectivity index (χ2n) is 3.71. The van der Waals surface area contributed by atoms with E-state index in [2.05, 4.69) is 0 Å². The molecule has 2 saturated carbocycles. The molecule has 68 valence electrons. The minimum absolute atomic E-state index is 0.0686. The van der Waals surface area contributed by atoms with Crippen LogP contribution in [0.1, 0.15) is 19.3 Å².